The molecule has 0 bridgehead atoms. The number of rotatable bonds is 2. The Morgan fingerprint density at radius 3 is 2.72 bits per heavy atom. The maximum absolute atomic E-state index is 13.2. The van der Waals surface area contributed by atoms with Crippen molar-refractivity contribution in [3.8, 4) is 11.1 Å². The lowest BCUT2D eigenvalue weighted by Gasteiger charge is -2.29. The first kappa shape index (κ1) is 17.9. The molecular formula is C23H19ClN4O. The minimum Gasteiger partial charge on any atom is -0.334 e. The average molecular weight is 403 g/mol. The molecule has 1 amide bonds. The molecule has 0 saturated carbocycles. The smallest absolute Gasteiger partial charge is 0.257 e. The molecule has 1 aliphatic rings. The maximum Gasteiger partial charge on any atom is 0.257 e. The number of aromatic nitrogens is 3. The molecule has 3 heterocycles. The zero-order valence-corrected chi connectivity index (χ0v) is 16.7. The van der Waals surface area contributed by atoms with Crippen LogP contribution in [0.4, 0.5) is 0 Å². The van der Waals surface area contributed by atoms with Crippen LogP contribution in [0, 0.1) is 6.92 Å². The molecule has 0 fully saturated rings. The monoisotopic (exact) mass is 402 g/mol. The number of hydrogen-bond donors (Lipinski definition) is 0. The molecule has 144 valence electrons. The summed E-state index contributed by atoms with van der Waals surface area (Å²) in [4.78, 5) is 19.7. The van der Waals surface area contributed by atoms with Crippen molar-refractivity contribution in [2.45, 2.75) is 19.9 Å². The van der Waals surface area contributed by atoms with Gasteiger partial charge in [0.25, 0.3) is 5.91 Å². The van der Waals surface area contributed by atoms with Crippen molar-refractivity contribution in [1.29, 1.82) is 0 Å². The van der Waals surface area contributed by atoms with Crippen LogP contribution < -0.4 is 0 Å². The Balaban J connectivity index is 1.50. The summed E-state index contributed by atoms with van der Waals surface area (Å²) in [7, 11) is 0. The number of halogens is 1. The Morgan fingerprint density at radius 1 is 1.07 bits per heavy atom. The first-order valence-corrected chi connectivity index (χ1v) is 9.95. The van der Waals surface area contributed by atoms with E-state index in [9.17, 15) is 4.79 Å². The minimum atomic E-state index is -0.00814. The molecule has 0 spiro atoms. The van der Waals surface area contributed by atoms with Gasteiger partial charge in [0.1, 0.15) is 0 Å². The molecule has 5 nitrogen and oxygen atoms in total. The molecule has 6 heteroatoms. The highest BCUT2D eigenvalue weighted by Gasteiger charge is 2.24. The SMILES string of the molecule is Cc1c(C(=O)N2CCc3ccccc3C2)cnc2c(-c3cccc(Cl)c3)cnn12. The first-order valence-electron chi connectivity index (χ1n) is 9.57. The second kappa shape index (κ2) is 7.01. The molecule has 0 unspecified atom stereocenters. The van der Waals surface area contributed by atoms with Gasteiger partial charge in [0, 0.05) is 29.9 Å². The van der Waals surface area contributed by atoms with Crippen LogP contribution in [0.3, 0.4) is 0 Å². The summed E-state index contributed by atoms with van der Waals surface area (Å²) in [5.74, 6) is -0.00814. The quantitative estimate of drug-likeness (QED) is 0.494. The Morgan fingerprint density at radius 2 is 1.90 bits per heavy atom. The number of amides is 1. The van der Waals surface area contributed by atoms with Gasteiger partial charge in [0.05, 0.1) is 17.5 Å². The van der Waals surface area contributed by atoms with Gasteiger partial charge in [-0.05, 0) is 42.2 Å². The lowest BCUT2D eigenvalue weighted by molar-refractivity contribution is 0.0732. The van der Waals surface area contributed by atoms with Crippen LogP contribution in [-0.2, 0) is 13.0 Å². The second-order valence-corrected chi connectivity index (χ2v) is 7.74. The van der Waals surface area contributed by atoms with E-state index >= 15 is 0 Å². The number of carbonyl (C=O) groups excluding carboxylic acids is 1. The zero-order chi connectivity index (χ0) is 20.0. The van der Waals surface area contributed by atoms with Gasteiger partial charge < -0.3 is 4.90 Å². The fraction of sp³-hybridized carbons (Fsp3) is 0.174. The van der Waals surface area contributed by atoms with Crippen molar-refractivity contribution in [1.82, 2.24) is 19.5 Å². The van der Waals surface area contributed by atoms with Crippen LogP contribution in [0.2, 0.25) is 5.02 Å². The van der Waals surface area contributed by atoms with Crippen LogP contribution in [0.5, 0.6) is 0 Å². The molecule has 0 aliphatic carbocycles. The fourth-order valence-corrected chi connectivity index (χ4v) is 4.14. The lowest BCUT2D eigenvalue weighted by Crippen LogP contribution is -2.36. The molecule has 0 radical (unpaired) electrons. The van der Waals surface area contributed by atoms with Crippen molar-refractivity contribution in [3.63, 3.8) is 0 Å². The van der Waals surface area contributed by atoms with E-state index in [1.807, 2.05) is 48.2 Å². The van der Waals surface area contributed by atoms with Crippen molar-refractivity contribution in [2.24, 2.45) is 0 Å². The number of fused-ring (bicyclic) bond motifs is 2. The summed E-state index contributed by atoms with van der Waals surface area (Å²) in [5.41, 5.74) is 6.45. The molecule has 2 aromatic carbocycles. The molecule has 0 atom stereocenters. The largest absolute Gasteiger partial charge is 0.334 e. The number of benzene rings is 2. The molecule has 2 aromatic heterocycles. The van der Waals surface area contributed by atoms with Crippen molar-refractivity contribution in [2.75, 3.05) is 6.54 Å². The lowest BCUT2D eigenvalue weighted by atomic mass is 9.99. The first-order chi connectivity index (χ1) is 14.1. The van der Waals surface area contributed by atoms with E-state index < -0.39 is 0 Å². The van der Waals surface area contributed by atoms with Crippen LogP contribution in [0.1, 0.15) is 27.2 Å². The molecule has 1 aliphatic heterocycles. The van der Waals surface area contributed by atoms with Crippen molar-refractivity contribution < 1.29 is 4.79 Å². The van der Waals surface area contributed by atoms with Gasteiger partial charge >= 0.3 is 0 Å². The Kier molecular flexibility index (Phi) is 4.32. The van der Waals surface area contributed by atoms with Gasteiger partial charge in [-0.2, -0.15) is 5.10 Å². The van der Waals surface area contributed by atoms with E-state index in [4.69, 9.17) is 11.6 Å². The van der Waals surface area contributed by atoms with E-state index in [-0.39, 0.29) is 5.91 Å². The van der Waals surface area contributed by atoms with E-state index in [0.29, 0.717) is 29.3 Å². The standard InChI is InChI=1S/C23H19ClN4O/c1-15-20(23(29)27-10-9-16-5-2-3-6-18(16)14-27)12-25-22-21(13-26-28(15)22)17-7-4-8-19(24)11-17/h2-8,11-13H,9-10,14H2,1H3. The van der Waals surface area contributed by atoms with Gasteiger partial charge in [-0.25, -0.2) is 9.50 Å². The normalized spacial score (nSPS) is 13.5. The van der Waals surface area contributed by atoms with Crippen LogP contribution in [0.25, 0.3) is 16.8 Å². The fourth-order valence-electron chi connectivity index (χ4n) is 3.95. The highest BCUT2D eigenvalue weighted by Crippen LogP contribution is 2.27. The second-order valence-electron chi connectivity index (χ2n) is 7.31. The summed E-state index contributed by atoms with van der Waals surface area (Å²) in [5, 5.41) is 5.15. The summed E-state index contributed by atoms with van der Waals surface area (Å²) < 4.78 is 1.74. The summed E-state index contributed by atoms with van der Waals surface area (Å²) in [6.45, 7) is 3.24. The summed E-state index contributed by atoms with van der Waals surface area (Å²) in [6.07, 6.45) is 4.31. The zero-order valence-electron chi connectivity index (χ0n) is 16.0. The van der Waals surface area contributed by atoms with Crippen molar-refractivity contribution >= 4 is 23.2 Å². The average Bonchev–Trinajstić information content (AvgIpc) is 3.18. The predicted molar refractivity (Wildman–Crippen MR) is 113 cm³/mol. The van der Waals surface area contributed by atoms with E-state index in [2.05, 4.69) is 22.2 Å². The highest BCUT2D eigenvalue weighted by atomic mass is 35.5. The van der Waals surface area contributed by atoms with E-state index in [1.165, 1.54) is 11.1 Å². The minimum absolute atomic E-state index is 0.00814. The summed E-state index contributed by atoms with van der Waals surface area (Å²) in [6, 6.07) is 15.9. The van der Waals surface area contributed by atoms with E-state index in [0.717, 1.165) is 23.2 Å². The summed E-state index contributed by atoms with van der Waals surface area (Å²) >= 11 is 6.14. The third-order valence-corrected chi connectivity index (χ3v) is 5.79. The Bertz CT molecular complexity index is 1250. The van der Waals surface area contributed by atoms with Crippen LogP contribution in [0.15, 0.2) is 60.9 Å². The molecule has 4 aromatic rings. The number of aryl methyl sites for hydroxylation is 1. The van der Waals surface area contributed by atoms with E-state index in [1.54, 1.807) is 16.9 Å². The predicted octanol–water partition coefficient (Wildman–Crippen LogP) is 4.56. The molecule has 0 N–H and O–H groups in total. The van der Waals surface area contributed by atoms with Crippen LogP contribution in [-0.4, -0.2) is 31.9 Å². The molecule has 0 saturated heterocycles. The van der Waals surface area contributed by atoms with Gasteiger partial charge in [0.2, 0.25) is 0 Å². The molecule has 5 rings (SSSR count). The van der Waals surface area contributed by atoms with Crippen molar-refractivity contribution in [3.05, 3.63) is 88.3 Å². The van der Waals surface area contributed by atoms with Crippen LogP contribution >= 0.6 is 11.6 Å². The van der Waals surface area contributed by atoms with Gasteiger partial charge in [-0.3, -0.25) is 4.79 Å². The topological polar surface area (TPSA) is 50.5 Å². The maximum atomic E-state index is 13.2. The van der Waals surface area contributed by atoms with Gasteiger partial charge in [-0.15, -0.1) is 0 Å². The molecular weight excluding hydrogens is 384 g/mol. The third kappa shape index (κ3) is 3.08. The number of nitrogens with zero attached hydrogens (tertiary/aromatic N) is 4. The Hall–Kier alpha value is -3.18. The molecule has 29 heavy (non-hydrogen) atoms. The Labute approximate surface area is 173 Å². The third-order valence-electron chi connectivity index (χ3n) is 5.55. The highest BCUT2D eigenvalue weighted by molar-refractivity contribution is 6.30. The number of hydrogen-bond acceptors (Lipinski definition) is 3. The van der Waals surface area contributed by atoms with Gasteiger partial charge in [-0.1, -0.05) is 48.0 Å². The number of carbonyl (C=O) groups is 1. The van der Waals surface area contributed by atoms with Gasteiger partial charge in [0.15, 0.2) is 5.65 Å².